The summed E-state index contributed by atoms with van der Waals surface area (Å²) in [6.45, 7) is 5.26. The van der Waals surface area contributed by atoms with Gasteiger partial charge in [0.05, 0.1) is 11.7 Å². The second kappa shape index (κ2) is 6.43. The normalized spacial score (nSPS) is 12.6. The quantitative estimate of drug-likeness (QED) is 0.859. The molecule has 0 bridgehead atoms. The molecule has 0 aromatic heterocycles. The van der Waals surface area contributed by atoms with Crippen molar-refractivity contribution in [2.24, 2.45) is 0 Å². The summed E-state index contributed by atoms with van der Waals surface area (Å²) in [5.74, 6) is -2.55. The monoisotopic (exact) mass is 335 g/mol. The van der Waals surface area contributed by atoms with Crippen molar-refractivity contribution < 1.29 is 18.7 Å². The lowest BCUT2D eigenvalue weighted by Gasteiger charge is -2.28. The molecule has 0 spiro atoms. The zero-order valence-corrected chi connectivity index (χ0v) is 12.5. The Bertz CT molecular complexity index is 478. The molecule has 1 atom stereocenters. The number of carbonyl (C=O) groups excluding carboxylic acids is 1. The minimum Gasteiger partial charge on any atom is -0.392 e. The number of aliphatic hydroxyl groups excluding tert-OH is 1. The van der Waals surface area contributed by atoms with Gasteiger partial charge in [-0.2, -0.15) is 0 Å². The average Bonchev–Trinajstić information content (AvgIpc) is 2.29. The Morgan fingerprint density at radius 1 is 1.32 bits per heavy atom. The minimum atomic E-state index is -1.08. The molecule has 106 valence electrons. The number of carbonyl (C=O) groups is 1. The molecule has 1 N–H and O–H groups in total. The molecule has 0 saturated carbocycles. The highest BCUT2D eigenvalue weighted by Gasteiger charge is 2.23. The third-order valence-electron chi connectivity index (χ3n) is 2.59. The minimum absolute atomic E-state index is 0.0354. The second-order valence-corrected chi connectivity index (χ2v) is 5.50. The summed E-state index contributed by atoms with van der Waals surface area (Å²) in [6, 6.07) is 1.62. The van der Waals surface area contributed by atoms with Crippen LogP contribution in [0.15, 0.2) is 16.6 Å². The molecule has 6 heteroatoms. The van der Waals surface area contributed by atoms with Crippen molar-refractivity contribution >= 4 is 21.8 Å². The Labute approximate surface area is 119 Å². The maximum atomic E-state index is 13.2. The van der Waals surface area contributed by atoms with Gasteiger partial charge in [-0.05, 0) is 48.8 Å². The lowest BCUT2D eigenvalue weighted by molar-refractivity contribution is 0.0577. The van der Waals surface area contributed by atoms with Gasteiger partial charge in [-0.3, -0.25) is 4.79 Å². The first-order chi connectivity index (χ1) is 8.73. The van der Waals surface area contributed by atoms with Crippen molar-refractivity contribution in [3.8, 4) is 0 Å². The largest absolute Gasteiger partial charge is 0.392 e. The summed E-state index contributed by atoms with van der Waals surface area (Å²) in [7, 11) is 0. The van der Waals surface area contributed by atoms with Crippen LogP contribution in [0, 0.1) is 11.6 Å². The van der Waals surface area contributed by atoms with Crippen molar-refractivity contribution in [2.75, 3.05) is 6.54 Å². The molecule has 0 radical (unpaired) electrons. The third-order valence-corrected chi connectivity index (χ3v) is 3.24. The summed E-state index contributed by atoms with van der Waals surface area (Å²) in [5, 5.41) is 9.40. The molecule has 0 aliphatic carbocycles. The van der Waals surface area contributed by atoms with Crippen molar-refractivity contribution in [2.45, 2.75) is 32.9 Å². The van der Waals surface area contributed by atoms with Crippen LogP contribution in [0.2, 0.25) is 0 Å². The first kappa shape index (κ1) is 16.0. The molecule has 19 heavy (non-hydrogen) atoms. The molecule has 0 saturated heterocycles. The Morgan fingerprint density at radius 2 is 1.84 bits per heavy atom. The van der Waals surface area contributed by atoms with Crippen LogP contribution < -0.4 is 0 Å². The average molecular weight is 336 g/mol. The topological polar surface area (TPSA) is 40.5 Å². The van der Waals surface area contributed by atoms with E-state index in [-0.39, 0.29) is 22.6 Å². The SMILES string of the molecule is CC(O)CN(C(=O)c1cc(F)c(F)cc1Br)C(C)C. The van der Waals surface area contributed by atoms with Gasteiger partial charge < -0.3 is 10.0 Å². The Morgan fingerprint density at radius 3 is 2.32 bits per heavy atom. The number of rotatable bonds is 4. The fraction of sp³-hybridized carbons (Fsp3) is 0.462. The highest BCUT2D eigenvalue weighted by atomic mass is 79.9. The number of amides is 1. The number of hydrogen-bond acceptors (Lipinski definition) is 2. The van der Waals surface area contributed by atoms with E-state index in [1.165, 1.54) is 4.90 Å². The fourth-order valence-electron chi connectivity index (χ4n) is 1.65. The zero-order valence-electron chi connectivity index (χ0n) is 11.0. The highest BCUT2D eigenvalue weighted by molar-refractivity contribution is 9.10. The van der Waals surface area contributed by atoms with E-state index in [0.717, 1.165) is 12.1 Å². The molecule has 0 fully saturated rings. The first-order valence-corrected chi connectivity index (χ1v) is 6.67. The Hall–Kier alpha value is -1.01. The van der Waals surface area contributed by atoms with Gasteiger partial charge >= 0.3 is 0 Å². The van der Waals surface area contributed by atoms with Crippen molar-refractivity contribution in [1.29, 1.82) is 0 Å². The zero-order chi connectivity index (χ0) is 14.7. The molecule has 1 unspecified atom stereocenters. The number of nitrogens with zero attached hydrogens (tertiary/aromatic N) is 1. The molecule has 1 rings (SSSR count). The summed E-state index contributed by atoms with van der Waals surface area (Å²) >= 11 is 3.05. The Balaban J connectivity index is 3.13. The van der Waals surface area contributed by atoms with Crippen molar-refractivity contribution in [3.05, 3.63) is 33.8 Å². The third kappa shape index (κ3) is 3.98. The fourth-order valence-corrected chi connectivity index (χ4v) is 2.14. The van der Waals surface area contributed by atoms with Crippen LogP contribution in [-0.4, -0.2) is 34.6 Å². The first-order valence-electron chi connectivity index (χ1n) is 5.87. The van der Waals surface area contributed by atoms with Crippen LogP contribution in [-0.2, 0) is 0 Å². The summed E-state index contributed by atoms with van der Waals surface area (Å²) in [5.41, 5.74) is 0.0354. The lowest BCUT2D eigenvalue weighted by Crippen LogP contribution is -2.41. The molecule has 0 aliphatic heterocycles. The second-order valence-electron chi connectivity index (χ2n) is 4.65. The van der Waals surface area contributed by atoms with E-state index in [0.29, 0.717) is 0 Å². The molecule has 1 aromatic carbocycles. The van der Waals surface area contributed by atoms with Crippen LogP contribution in [0.5, 0.6) is 0 Å². The highest BCUT2D eigenvalue weighted by Crippen LogP contribution is 2.23. The molecular formula is C13H16BrF2NO2. The van der Waals surface area contributed by atoms with E-state index in [9.17, 15) is 18.7 Å². The van der Waals surface area contributed by atoms with Gasteiger partial charge in [-0.25, -0.2) is 8.78 Å². The maximum absolute atomic E-state index is 13.2. The van der Waals surface area contributed by atoms with E-state index in [4.69, 9.17) is 0 Å². The van der Waals surface area contributed by atoms with Gasteiger partial charge in [0, 0.05) is 17.1 Å². The van der Waals surface area contributed by atoms with Gasteiger partial charge in [-0.1, -0.05) is 0 Å². The maximum Gasteiger partial charge on any atom is 0.255 e. The number of benzene rings is 1. The smallest absolute Gasteiger partial charge is 0.255 e. The molecule has 1 aromatic rings. The molecule has 0 aliphatic rings. The van der Waals surface area contributed by atoms with E-state index in [2.05, 4.69) is 15.9 Å². The van der Waals surface area contributed by atoms with Gasteiger partial charge in [-0.15, -0.1) is 0 Å². The Kier molecular flexibility index (Phi) is 5.43. The van der Waals surface area contributed by atoms with E-state index in [1.807, 2.05) is 0 Å². The molecule has 1 amide bonds. The van der Waals surface area contributed by atoms with Crippen LogP contribution in [0.4, 0.5) is 8.78 Å². The van der Waals surface area contributed by atoms with E-state index < -0.39 is 23.6 Å². The van der Waals surface area contributed by atoms with Crippen LogP contribution in [0.3, 0.4) is 0 Å². The number of hydrogen-bond donors (Lipinski definition) is 1. The van der Waals surface area contributed by atoms with Gasteiger partial charge in [0.25, 0.3) is 5.91 Å². The van der Waals surface area contributed by atoms with Crippen molar-refractivity contribution in [1.82, 2.24) is 4.90 Å². The summed E-state index contributed by atoms with van der Waals surface area (Å²) in [6.07, 6.45) is -0.699. The van der Waals surface area contributed by atoms with E-state index >= 15 is 0 Å². The summed E-state index contributed by atoms with van der Waals surface area (Å²) in [4.78, 5) is 13.7. The standard InChI is InChI=1S/C13H16BrF2NO2/c1-7(2)17(6-8(3)18)13(19)9-4-11(15)12(16)5-10(9)14/h4-5,7-8,18H,6H2,1-3H3. The predicted octanol–water partition coefficient (Wildman–Crippen LogP) is 2.96. The molecule has 0 heterocycles. The van der Waals surface area contributed by atoms with Gasteiger partial charge in [0.1, 0.15) is 0 Å². The van der Waals surface area contributed by atoms with Crippen LogP contribution >= 0.6 is 15.9 Å². The number of halogens is 3. The number of aliphatic hydroxyl groups is 1. The van der Waals surface area contributed by atoms with Crippen LogP contribution in [0.25, 0.3) is 0 Å². The molecule has 3 nitrogen and oxygen atoms in total. The van der Waals surface area contributed by atoms with Gasteiger partial charge in [0.2, 0.25) is 0 Å². The van der Waals surface area contributed by atoms with Crippen LogP contribution in [0.1, 0.15) is 31.1 Å². The molecular weight excluding hydrogens is 320 g/mol. The summed E-state index contributed by atoms with van der Waals surface area (Å²) < 4.78 is 26.4. The lowest BCUT2D eigenvalue weighted by atomic mass is 10.1. The predicted molar refractivity (Wildman–Crippen MR) is 71.9 cm³/mol. The van der Waals surface area contributed by atoms with Gasteiger partial charge in [0.15, 0.2) is 11.6 Å². The van der Waals surface area contributed by atoms with Crippen molar-refractivity contribution in [3.63, 3.8) is 0 Å². The van der Waals surface area contributed by atoms with E-state index in [1.54, 1.807) is 20.8 Å².